The van der Waals surface area contributed by atoms with Gasteiger partial charge in [-0.2, -0.15) is 0 Å². The molecule has 0 aromatic rings. The normalized spacial score (nSPS) is 44.2. The summed E-state index contributed by atoms with van der Waals surface area (Å²) in [5.41, 5.74) is -4.69. The summed E-state index contributed by atoms with van der Waals surface area (Å²) in [7, 11) is 5.05. The lowest BCUT2D eigenvalue weighted by atomic mass is 9.73. The first-order chi connectivity index (χ1) is 28.8. The summed E-state index contributed by atoms with van der Waals surface area (Å²) in [5.74, 6) is -3.81. The predicted octanol–water partition coefficient (Wildman–Crippen LogP) is 3.69. The molecule has 16 heteroatoms. The maximum atomic E-state index is 14.4. The summed E-state index contributed by atoms with van der Waals surface area (Å²) in [6.45, 7) is 21.8. The number of ether oxygens (including phenoxy) is 7. The van der Waals surface area contributed by atoms with Crippen LogP contribution in [0, 0.1) is 23.7 Å². The lowest BCUT2D eigenvalue weighted by molar-refractivity contribution is -0.319. The van der Waals surface area contributed by atoms with Crippen LogP contribution in [0.15, 0.2) is 0 Å². The lowest BCUT2D eigenvalue weighted by Crippen LogP contribution is -2.62. The van der Waals surface area contributed by atoms with Gasteiger partial charge in [0, 0.05) is 57.5 Å². The number of carbonyl (C=O) groups excluding carboxylic acids is 2. The Kier molecular flexibility index (Phi) is 20.6. The SMILES string of the molecule is CC[C@H]1OC(=O)[C@H](C)[C@@H](O[C@H]2C[C@@](C)(OC)[C@@H](O)[C@H](C)O2)[C@H](C)[C@@H](O[C@@H]2O[C@H](C)C[C@H](N(C)C(C)C)[C@H]2O)[C@](C)(O)C[C@@H](C)[C@H](OCCCCCC(=O)NC)[C@H](C)[C@@H](O)[C@]1(C)O. The van der Waals surface area contributed by atoms with Crippen molar-refractivity contribution in [3.8, 4) is 0 Å². The molecule has 3 heterocycles. The fourth-order valence-electron chi connectivity index (χ4n) is 10.1. The van der Waals surface area contributed by atoms with E-state index in [1.807, 2.05) is 41.7 Å². The van der Waals surface area contributed by atoms with Crippen LogP contribution in [0.2, 0.25) is 0 Å². The van der Waals surface area contributed by atoms with Gasteiger partial charge < -0.3 is 64.0 Å². The van der Waals surface area contributed by atoms with Crippen molar-refractivity contribution in [2.45, 2.75) is 231 Å². The number of esters is 1. The summed E-state index contributed by atoms with van der Waals surface area (Å²) >= 11 is 0. The topological polar surface area (TPSA) is 215 Å². The third kappa shape index (κ3) is 13.3. The number of aliphatic hydroxyl groups excluding tert-OH is 3. The van der Waals surface area contributed by atoms with Gasteiger partial charge in [-0.05, 0) is 100 Å². The molecule has 16 nitrogen and oxygen atoms in total. The minimum absolute atomic E-state index is 0.0397. The Labute approximate surface area is 372 Å². The highest BCUT2D eigenvalue weighted by molar-refractivity contribution is 5.75. The van der Waals surface area contributed by atoms with Crippen molar-refractivity contribution in [1.82, 2.24) is 10.2 Å². The third-order valence-electron chi connectivity index (χ3n) is 14.3. The van der Waals surface area contributed by atoms with E-state index in [4.69, 9.17) is 33.2 Å². The number of hydrogen-bond acceptors (Lipinski definition) is 15. The van der Waals surface area contributed by atoms with Crippen molar-refractivity contribution < 1.29 is 68.3 Å². The molecule has 0 radical (unpaired) electrons. The van der Waals surface area contributed by atoms with Gasteiger partial charge in [0.15, 0.2) is 12.6 Å². The quantitative estimate of drug-likeness (QED) is 0.102. The van der Waals surface area contributed by atoms with Gasteiger partial charge in [-0.25, -0.2) is 0 Å². The van der Waals surface area contributed by atoms with Crippen molar-refractivity contribution in [1.29, 1.82) is 0 Å². The molecule has 19 atom stereocenters. The molecular formula is C46H86N2O14. The van der Waals surface area contributed by atoms with E-state index in [9.17, 15) is 35.1 Å². The molecule has 6 N–H and O–H groups in total. The minimum Gasteiger partial charge on any atom is -0.459 e. The molecule has 0 saturated carbocycles. The van der Waals surface area contributed by atoms with Crippen molar-refractivity contribution in [3.63, 3.8) is 0 Å². The molecule has 0 aromatic carbocycles. The van der Waals surface area contributed by atoms with Crippen LogP contribution in [0.4, 0.5) is 0 Å². The number of rotatable bonds is 15. The monoisotopic (exact) mass is 891 g/mol. The maximum absolute atomic E-state index is 14.4. The number of nitrogens with zero attached hydrogens (tertiary/aromatic N) is 1. The average Bonchev–Trinajstić information content (AvgIpc) is 3.21. The number of nitrogens with one attached hydrogen (secondary N) is 1. The van der Waals surface area contributed by atoms with Gasteiger partial charge in [-0.1, -0.05) is 34.1 Å². The summed E-state index contributed by atoms with van der Waals surface area (Å²) in [6.07, 6.45) is -7.45. The smallest absolute Gasteiger partial charge is 0.311 e. The van der Waals surface area contributed by atoms with E-state index >= 15 is 0 Å². The average molecular weight is 891 g/mol. The molecule has 0 unspecified atom stereocenters. The Morgan fingerprint density at radius 1 is 0.919 bits per heavy atom. The van der Waals surface area contributed by atoms with E-state index in [1.54, 1.807) is 48.6 Å². The molecule has 3 saturated heterocycles. The number of cyclic esters (lactones) is 1. The Bertz CT molecular complexity index is 1390. The first-order valence-electron chi connectivity index (χ1n) is 23.2. The van der Waals surface area contributed by atoms with Crippen LogP contribution >= 0.6 is 0 Å². The van der Waals surface area contributed by atoms with Crippen molar-refractivity contribution >= 4 is 11.9 Å². The molecular weight excluding hydrogens is 805 g/mol. The molecule has 0 spiro atoms. The number of amides is 1. The van der Waals surface area contributed by atoms with Gasteiger partial charge in [-0.15, -0.1) is 0 Å². The van der Waals surface area contributed by atoms with Crippen LogP contribution < -0.4 is 5.32 Å². The van der Waals surface area contributed by atoms with Gasteiger partial charge in [0.1, 0.15) is 23.9 Å². The van der Waals surface area contributed by atoms with Crippen molar-refractivity contribution in [3.05, 3.63) is 0 Å². The molecule has 1 amide bonds. The van der Waals surface area contributed by atoms with E-state index in [0.29, 0.717) is 32.3 Å². The molecule has 364 valence electrons. The minimum atomic E-state index is -1.91. The number of likely N-dealkylation sites (N-methyl/N-ethyl adjacent to an activating group) is 1. The van der Waals surface area contributed by atoms with E-state index in [2.05, 4.69) is 10.2 Å². The number of aliphatic hydroxyl groups is 5. The van der Waals surface area contributed by atoms with Crippen molar-refractivity contribution in [2.24, 2.45) is 23.7 Å². The Hall–Kier alpha value is -1.54. The molecule has 3 rings (SSSR count). The standard InChI is InChI=1S/C46H86N2O14/c1-16-33-46(12,55)39(51)28(6)37(57-21-19-17-18-20-34(49)47-13)26(4)23-44(10,54)41(62-43-36(50)32(22-27(5)58-43)48(14)25(2)3)29(7)38(30(8)42(53)60-33)61-35-24-45(11,56-15)40(52)31(9)59-35/h25-33,35-41,43,50-52,54-55H,16-24H2,1-15H3,(H,47,49)/t26-,27-,28+,29+,30-,31+,32+,33-,35+,36-,37+,38+,39-,40+,41-,43+,44-,45-,46-/m1/s1. The van der Waals surface area contributed by atoms with Crippen LogP contribution in [-0.2, 0) is 42.7 Å². The zero-order valence-corrected chi connectivity index (χ0v) is 40.5. The molecule has 62 heavy (non-hydrogen) atoms. The van der Waals surface area contributed by atoms with Gasteiger partial charge in [0.05, 0.1) is 53.7 Å². The van der Waals surface area contributed by atoms with Gasteiger partial charge >= 0.3 is 5.97 Å². The Morgan fingerprint density at radius 3 is 2.15 bits per heavy atom. The zero-order valence-electron chi connectivity index (χ0n) is 40.5. The number of hydrogen-bond donors (Lipinski definition) is 6. The second-order valence-corrected chi connectivity index (χ2v) is 19.8. The van der Waals surface area contributed by atoms with Crippen molar-refractivity contribution in [2.75, 3.05) is 27.8 Å². The van der Waals surface area contributed by atoms with Gasteiger partial charge in [0.25, 0.3) is 0 Å². The van der Waals surface area contributed by atoms with Crippen LogP contribution in [0.25, 0.3) is 0 Å². The van der Waals surface area contributed by atoms with Gasteiger partial charge in [0.2, 0.25) is 5.91 Å². The van der Waals surface area contributed by atoms with E-state index in [1.165, 1.54) is 14.0 Å². The first kappa shape index (κ1) is 54.8. The first-order valence-corrected chi connectivity index (χ1v) is 23.2. The number of methoxy groups -OCH3 is 1. The summed E-state index contributed by atoms with van der Waals surface area (Å²) < 4.78 is 44.7. The van der Waals surface area contributed by atoms with Gasteiger partial charge in [-0.3, -0.25) is 14.5 Å². The molecule has 3 aliphatic heterocycles. The summed E-state index contributed by atoms with van der Waals surface area (Å²) in [4.78, 5) is 28.3. The van der Waals surface area contributed by atoms with E-state index in [-0.39, 0.29) is 43.4 Å². The zero-order chi connectivity index (χ0) is 47.1. The molecule has 3 aliphatic rings. The van der Waals surface area contributed by atoms with E-state index < -0.39 is 108 Å². The van der Waals surface area contributed by atoms with Crippen LogP contribution in [0.5, 0.6) is 0 Å². The summed E-state index contributed by atoms with van der Waals surface area (Å²) in [6, 6.07) is -0.220. The second kappa shape index (κ2) is 23.3. The third-order valence-corrected chi connectivity index (χ3v) is 14.3. The highest BCUT2D eigenvalue weighted by Gasteiger charge is 2.54. The predicted molar refractivity (Wildman–Crippen MR) is 233 cm³/mol. The van der Waals surface area contributed by atoms with Crippen LogP contribution in [0.1, 0.15) is 134 Å². The highest BCUT2D eigenvalue weighted by Crippen LogP contribution is 2.42. The molecule has 0 aromatic heterocycles. The fourth-order valence-corrected chi connectivity index (χ4v) is 10.1. The van der Waals surface area contributed by atoms with Crippen LogP contribution in [-0.4, -0.2) is 167 Å². The molecule has 0 aliphatic carbocycles. The molecule has 0 bridgehead atoms. The van der Waals surface area contributed by atoms with E-state index in [0.717, 1.165) is 6.42 Å². The largest absolute Gasteiger partial charge is 0.459 e. The highest BCUT2D eigenvalue weighted by atomic mass is 16.7. The second-order valence-electron chi connectivity index (χ2n) is 19.8. The number of carbonyl (C=O) groups is 2. The number of unbranched alkanes of at least 4 members (excludes halogenated alkanes) is 2. The lowest BCUT2D eigenvalue weighted by Gasteiger charge is -2.50. The Balaban J connectivity index is 2.18. The maximum Gasteiger partial charge on any atom is 0.311 e. The molecule has 3 fully saturated rings. The van der Waals surface area contributed by atoms with Crippen LogP contribution in [0.3, 0.4) is 0 Å². The fraction of sp³-hybridized carbons (Fsp3) is 0.957. The Morgan fingerprint density at radius 2 is 1.56 bits per heavy atom. The summed E-state index contributed by atoms with van der Waals surface area (Å²) in [5, 5.41) is 62.6.